The number of rotatable bonds is 6. The van der Waals surface area contributed by atoms with Gasteiger partial charge in [-0.25, -0.2) is 0 Å². The van der Waals surface area contributed by atoms with Crippen molar-refractivity contribution in [3.8, 4) is 11.5 Å². The molecule has 2 aromatic heterocycles. The zero-order valence-electron chi connectivity index (χ0n) is 13.2. The van der Waals surface area contributed by atoms with Gasteiger partial charge in [-0.05, 0) is 25.0 Å². The molecule has 2 aromatic rings. The standard InChI is InChI=1S/C14H17N5O5S/c20-14(21)10-4-3-7-19(9-10)25(22,23)16-8-12-17-13(18-24-12)11-5-1-2-6-15-11/h1-2,5-6,10,16H,3-4,7-9H2,(H,20,21). The van der Waals surface area contributed by atoms with Gasteiger partial charge in [0.15, 0.2) is 0 Å². The molecule has 1 aliphatic rings. The maximum atomic E-state index is 12.3. The fourth-order valence-corrected chi connectivity index (χ4v) is 3.77. The first-order chi connectivity index (χ1) is 12.0. The minimum absolute atomic E-state index is 0.0479. The van der Waals surface area contributed by atoms with Gasteiger partial charge in [0.1, 0.15) is 5.69 Å². The van der Waals surface area contributed by atoms with Gasteiger partial charge in [-0.15, -0.1) is 0 Å². The summed E-state index contributed by atoms with van der Waals surface area (Å²) < 4.78 is 33.2. The van der Waals surface area contributed by atoms with Crippen LogP contribution < -0.4 is 4.72 Å². The highest BCUT2D eigenvalue weighted by molar-refractivity contribution is 7.87. The number of aromatic nitrogens is 3. The molecule has 1 unspecified atom stereocenters. The van der Waals surface area contributed by atoms with Crippen molar-refractivity contribution in [2.45, 2.75) is 19.4 Å². The summed E-state index contributed by atoms with van der Waals surface area (Å²) in [5.74, 6) is -1.32. The van der Waals surface area contributed by atoms with E-state index in [1.54, 1.807) is 24.4 Å². The van der Waals surface area contributed by atoms with Crippen molar-refractivity contribution < 1.29 is 22.8 Å². The summed E-state index contributed by atoms with van der Waals surface area (Å²) in [5, 5.41) is 12.8. The molecular formula is C14H17N5O5S. The summed E-state index contributed by atoms with van der Waals surface area (Å²) in [6, 6.07) is 5.23. The molecule has 1 aliphatic heterocycles. The summed E-state index contributed by atoms with van der Waals surface area (Å²) in [7, 11) is -3.83. The number of hydrogen-bond donors (Lipinski definition) is 2. The van der Waals surface area contributed by atoms with Crippen molar-refractivity contribution >= 4 is 16.2 Å². The zero-order valence-corrected chi connectivity index (χ0v) is 14.0. The van der Waals surface area contributed by atoms with E-state index in [9.17, 15) is 13.2 Å². The summed E-state index contributed by atoms with van der Waals surface area (Å²) in [6.07, 6.45) is 2.56. The van der Waals surface area contributed by atoms with Gasteiger partial charge in [-0.1, -0.05) is 11.2 Å². The van der Waals surface area contributed by atoms with Gasteiger partial charge in [0, 0.05) is 19.3 Å². The van der Waals surface area contributed by atoms with E-state index in [0.29, 0.717) is 18.5 Å². The predicted molar refractivity (Wildman–Crippen MR) is 85.2 cm³/mol. The Morgan fingerprint density at radius 1 is 1.44 bits per heavy atom. The molecule has 0 saturated carbocycles. The molecule has 0 aliphatic carbocycles. The van der Waals surface area contributed by atoms with Crippen LogP contribution >= 0.6 is 0 Å². The van der Waals surface area contributed by atoms with E-state index < -0.39 is 22.1 Å². The van der Waals surface area contributed by atoms with E-state index in [0.717, 1.165) is 4.31 Å². The molecule has 0 bridgehead atoms. The first kappa shape index (κ1) is 17.5. The molecule has 134 valence electrons. The molecule has 2 N–H and O–H groups in total. The number of nitrogens with zero attached hydrogens (tertiary/aromatic N) is 4. The van der Waals surface area contributed by atoms with Crippen LogP contribution in [0.2, 0.25) is 0 Å². The number of carboxylic acid groups (broad SMARTS) is 1. The summed E-state index contributed by atoms with van der Waals surface area (Å²) in [5.41, 5.74) is 0.515. The largest absolute Gasteiger partial charge is 0.481 e. The van der Waals surface area contributed by atoms with Crippen LogP contribution in [0.1, 0.15) is 18.7 Å². The molecule has 11 heteroatoms. The van der Waals surface area contributed by atoms with Crippen molar-refractivity contribution in [1.82, 2.24) is 24.2 Å². The van der Waals surface area contributed by atoms with Crippen LogP contribution in [0, 0.1) is 5.92 Å². The van der Waals surface area contributed by atoms with E-state index in [4.69, 9.17) is 9.63 Å². The Kier molecular flexibility index (Phi) is 5.06. The molecule has 3 rings (SSSR count). The van der Waals surface area contributed by atoms with Gasteiger partial charge < -0.3 is 9.63 Å². The van der Waals surface area contributed by atoms with Crippen LogP contribution in [0.5, 0.6) is 0 Å². The van der Waals surface area contributed by atoms with Crippen molar-refractivity contribution in [1.29, 1.82) is 0 Å². The Bertz CT molecular complexity index is 838. The Morgan fingerprint density at radius 2 is 2.28 bits per heavy atom. The molecule has 0 spiro atoms. The average Bonchev–Trinajstić information content (AvgIpc) is 3.10. The molecule has 10 nitrogen and oxygen atoms in total. The minimum Gasteiger partial charge on any atom is -0.481 e. The van der Waals surface area contributed by atoms with E-state index in [1.807, 2.05) is 0 Å². The first-order valence-electron chi connectivity index (χ1n) is 7.67. The average molecular weight is 367 g/mol. The molecule has 0 aromatic carbocycles. The second-order valence-electron chi connectivity index (χ2n) is 5.59. The predicted octanol–water partition coefficient (Wildman–Crippen LogP) is 0.263. The molecular weight excluding hydrogens is 350 g/mol. The second kappa shape index (κ2) is 7.25. The highest BCUT2D eigenvalue weighted by Gasteiger charge is 2.32. The van der Waals surface area contributed by atoms with Crippen molar-refractivity contribution in [2.75, 3.05) is 13.1 Å². The van der Waals surface area contributed by atoms with E-state index >= 15 is 0 Å². The van der Waals surface area contributed by atoms with E-state index in [1.165, 1.54) is 0 Å². The second-order valence-corrected chi connectivity index (χ2v) is 7.34. The van der Waals surface area contributed by atoms with Crippen LogP contribution in [-0.2, 0) is 21.5 Å². The molecule has 1 atom stereocenters. The number of carboxylic acids is 1. The van der Waals surface area contributed by atoms with Crippen LogP contribution in [0.3, 0.4) is 0 Å². The lowest BCUT2D eigenvalue weighted by Gasteiger charge is -2.29. The monoisotopic (exact) mass is 367 g/mol. The van der Waals surface area contributed by atoms with Gasteiger partial charge in [0.25, 0.3) is 10.2 Å². The van der Waals surface area contributed by atoms with Crippen LogP contribution in [0.25, 0.3) is 11.5 Å². The van der Waals surface area contributed by atoms with Gasteiger partial charge in [-0.2, -0.15) is 22.4 Å². The van der Waals surface area contributed by atoms with Gasteiger partial charge >= 0.3 is 5.97 Å². The highest BCUT2D eigenvalue weighted by atomic mass is 32.2. The van der Waals surface area contributed by atoms with Crippen LogP contribution in [0.15, 0.2) is 28.9 Å². The molecule has 25 heavy (non-hydrogen) atoms. The third kappa shape index (κ3) is 4.18. The van der Waals surface area contributed by atoms with Crippen molar-refractivity contribution in [3.63, 3.8) is 0 Å². The summed E-state index contributed by atoms with van der Waals surface area (Å²) >= 11 is 0. The number of carbonyl (C=O) groups is 1. The molecule has 1 fully saturated rings. The fourth-order valence-electron chi connectivity index (χ4n) is 2.53. The van der Waals surface area contributed by atoms with Crippen LogP contribution in [0.4, 0.5) is 0 Å². The minimum atomic E-state index is -3.83. The van der Waals surface area contributed by atoms with Gasteiger partial charge in [0.2, 0.25) is 11.7 Å². The van der Waals surface area contributed by atoms with Gasteiger partial charge in [0.05, 0.1) is 12.5 Å². The number of nitrogens with one attached hydrogen (secondary N) is 1. The maximum absolute atomic E-state index is 12.3. The van der Waals surface area contributed by atoms with Crippen molar-refractivity contribution in [2.24, 2.45) is 5.92 Å². The Balaban J connectivity index is 1.63. The first-order valence-corrected chi connectivity index (χ1v) is 9.11. The van der Waals surface area contributed by atoms with E-state index in [-0.39, 0.29) is 31.3 Å². The SMILES string of the molecule is O=C(O)C1CCCN(S(=O)(=O)NCc2nc(-c3ccccn3)no2)C1. The molecule has 0 radical (unpaired) electrons. The van der Waals surface area contributed by atoms with Gasteiger partial charge in [-0.3, -0.25) is 9.78 Å². The number of pyridine rings is 1. The smallest absolute Gasteiger partial charge is 0.307 e. The number of hydrogen-bond acceptors (Lipinski definition) is 7. The number of piperidine rings is 1. The Morgan fingerprint density at radius 3 is 3.00 bits per heavy atom. The van der Waals surface area contributed by atoms with Crippen molar-refractivity contribution in [3.05, 3.63) is 30.3 Å². The quantitative estimate of drug-likeness (QED) is 0.741. The Hall–Kier alpha value is -2.37. The highest BCUT2D eigenvalue weighted by Crippen LogP contribution is 2.19. The fraction of sp³-hybridized carbons (Fsp3) is 0.429. The molecule has 3 heterocycles. The zero-order chi connectivity index (χ0) is 17.9. The summed E-state index contributed by atoms with van der Waals surface area (Å²) in [4.78, 5) is 19.2. The summed E-state index contributed by atoms with van der Waals surface area (Å²) in [6.45, 7) is 0.0478. The van der Waals surface area contributed by atoms with E-state index in [2.05, 4.69) is 19.8 Å². The molecule has 0 amide bonds. The Labute approximate surface area is 144 Å². The maximum Gasteiger partial charge on any atom is 0.307 e. The normalized spacial score (nSPS) is 19.0. The number of aliphatic carboxylic acids is 1. The molecule has 1 saturated heterocycles. The third-order valence-corrected chi connectivity index (χ3v) is 5.36. The lowest BCUT2D eigenvalue weighted by Crippen LogP contribution is -2.47. The lowest BCUT2D eigenvalue weighted by atomic mass is 10.0. The van der Waals surface area contributed by atoms with Crippen LogP contribution in [-0.4, -0.2) is 52.0 Å². The lowest BCUT2D eigenvalue weighted by molar-refractivity contribution is -0.142. The topological polar surface area (TPSA) is 139 Å². The third-order valence-electron chi connectivity index (χ3n) is 3.84.